The molecule has 162 valence electrons. The number of hydrogen-bond donors (Lipinski definition) is 1. The molecule has 1 amide bonds. The molecule has 1 aliphatic heterocycles. The van der Waals surface area contributed by atoms with E-state index in [-0.39, 0.29) is 5.91 Å². The summed E-state index contributed by atoms with van der Waals surface area (Å²) in [6.07, 6.45) is 3.76. The highest BCUT2D eigenvalue weighted by Crippen LogP contribution is 2.31. The number of methoxy groups -OCH3 is 1. The van der Waals surface area contributed by atoms with Gasteiger partial charge >= 0.3 is 0 Å². The largest absolute Gasteiger partial charge is 0.495 e. The number of nitrogens with one attached hydrogen (secondary N) is 1. The molecular weight excluding hydrogens is 388 g/mol. The van der Waals surface area contributed by atoms with Crippen molar-refractivity contribution in [1.29, 1.82) is 0 Å². The number of anilines is 2. The number of fused-ring (bicyclic) bond motifs is 1. The zero-order valence-electron chi connectivity index (χ0n) is 18.3. The lowest BCUT2D eigenvalue weighted by Gasteiger charge is -2.37. The van der Waals surface area contributed by atoms with Crippen LogP contribution >= 0.6 is 0 Å². The van der Waals surface area contributed by atoms with Crippen molar-refractivity contribution >= 4 is 28.2 Å². The highest BCUT2D eigenvalue weighted by Gasteiger charge is 2.23. The molecule has 31 heavy (non-hydrogen) atoms. The molecular formula is C25H30N4O2. The zero-order chi connectivity index (χ0) is 21.6. The average Bonchev–Trinajstić information content (AvgIpc) is 2.83. The van der Waals surface area contributed by atoms with Crippen LogP contribution in [0.15, 0.2) is 54.7 Å². The Bertz CT molecular complexity index is 1040. The summed E-state index contributed by atoms with van der Waals surface area (Å²) in [5.41, 5.74) is 1.77. The summed E-state index contributed by atoms with van der Waals surface area (Å²) in [6, 6.07) is 16.2. The molecule has 6 heteroatoms. The monoisotopic (exact) mass is 418 g/mol. The molecule has 0 radical (unpaired) electrons. The molecule has 1 fully saturated rings. The van der Waals surface area contributed by atoms with E-state index in [1.807, 2.05) is 36.4 Å². The van der Waals surface area contributed by atoms with Crippen LogP contribution in [0, 0.1) is 0 Å². The van der Waals surface area contributed by atoms with Crippen molar-refractivity contribution in [2.75, 3.05) is 49.6 Å². The van der Waals surface area contributed by atoms with Crippen LogP contribution in [0.25, 0.3) is 10.8 Å². The molecule has 1 saturated heterocycles. The number of ether oxygens (including phenoxy) is 1. The number of rotatable bonds is 7. The summed E-state index contributed by atoms with van der Waals surface area (Å²) < 4.78 is 5.53. The number of aromatic nitrogens is 1. The average molecular weight is 419 g/mol. The third-order valence-corrected chi connectivity index (χ3v) is 5.84. The Morgan fingerprint density at radius 1 is 1.00 bits per heavy atom. The lowest BCUT2D eigenvalue weighted by Crippen LogP contribution is -2.47. The first-order chi connectivity index (χ1) is 15.2. The van der Waals surface area contributed by atoms with Crippen molar-refractivity contribution in [2.45, 2.75) is 19.8 Å². The van der Waals surface area contributed by atoms with Gasteiger partial charge < -0.3 is 19.9 Å². The van der Waals surface area contributed by atoms with Gasteiger partial charge in [0, 0.05) is 44.3 Å². The lowest BCUT2D eigenvalue weighted by molar-refractivity contribution is 0.0954. The number of piperazine rings is 1. The molecule has 4 rings (SSSR count). The summed E-state index contributed by atoms with van der Waals surface area (Å²) in [5, 5.41) is 4.99. The third kappa shape index (κ3) is 4.43. The number of nitrogens with zero attached hydrogens (tertiary/aromatic N) is 3. The Hall–Kier alpha value is -3.28. The van der Waals surface area contributed by atoms with Crippen LogP contribution in [0.5, 0.6) is 5.75 Å². The van der Waals surface area contributed by atoms with Gasteiger partial charge in [-0.3, -0.25) is 4.79 Å². The minimum atomic E-state index is -0.0512. The van der Waals surface area contributed by atoms with Gasteiger partial charge in [-0.1, -0.05) is 49.7 Å². The van der Waals surface area contributed by atoms with Crippen molar-refractivity contribution in [1.82, 2.24) is 10.3 Å². The maximum Gasteiger partial charge on any atom is 0.253 e. The topological polar surface area (TPSA) is 57.7 Å². The van der Waals surface area contributed by atoms with Gasteiger partial charge in [0.15, 0.2) is 0 Å². The first-order valence-corrected chi connectivity index (χ1v) is 11.0. The van der Waals surface area contributed by atoms with E-state index in [4.69, 9.17) is 9.72 Å². The van der Waals surface area contributed by atoms with Crippen molar-refractivity contribution in [3.05, 3.63) is 60.3 Å². The highest BCUT2D eigenvalue weighted by atomic mass is 16.5. The van der Waals surface area contributed by atoms with Gasteiger partial charge in [-0.2, -0.15) is 0 Å². The van der Waals surface area contributed by atoms with Crippen molar-refractivity contribution in [2.24, 2.45) is 0 Å². The van der Waals surface area contributed by atoms with Crippen LogP contribution in [0.2, 0.25) is 0 Å². The Kier molecular flexibility index (Phi) is 6.55. The van der Waals surface area contributed by atoms with Crippen LogP contribution in [-0.2, 0) is 0 Å². The Labute approximate surface area is 183 Å². The first kappa shape index (κ1) is 21.0. The number of carbonyl (C=O) groups excluding carboxylic acids is 1. The number of unbranched alkanes of at least 4 members (excludes halogenated alkanes) is 1. The second kappa shape index (κ2) is 9.69. The highest BCUT2D eigenvalue weighted by molar-refractivity contribution is 6.09. The zero-order valence-corrected chi connectivity index (χ0v) is 18.3. The van der Waals surface area contributed by atoms with Crippen LogP contribution in [0.1, 0.15) is 30.1 Å². The number of para-hydroxylation sites is 2. The van der Waals surface area contributed by atoms with E-state index in [2.05, 4.69) is 34.2 Å². The number of amides is 1. The maximum atomic E-state index is 12.7. The van der Waals surface area contributed by atoms with Gasteiger partial charge in [0.1, 0.15) is 11.6 Å². The van der Waals surface area contributed by atoms with E-state index >= 15 is 0 Å². The summed E-state index contributed by atoms with van der Waals surface area (Å²) in [6.45, 7) is 6.29. The molecule has 1 N–H and O–H groups in total. The molecule has 0 spiro atoms. The smallest absolute Gasteiger partial charge is 0.253 e. The van der Waals surface area contributed by atoms with Gasteiger partial charge in [0.05, 0.1) is 18.4 Å². The summed E-state index contributed by atoms with van der Waals surface area (Å²) >= 11 is 0. The van der Waals surface area contributed by atoms with Crippen molar-refractivity contribution < 1.29 is 9.53 Å². The van der Waals surface area contributed by atoms with Crippen LogP contribution < -0.4 is 19.9 Å². The number of benzene rings is 2. The standard InChI is InChI=1S/C25H30N4O2/c1-3-4-13-26-25(30)21-18-27-24(20-10-6-5-9-19(20)21)29-16-14-28(15-17-29)22-11-7-8-12-23(22)31-2/h5-12,18H,3-4,13-17H2,1-2H3,(H,26,30). The molecule has 1 aliphatic rings. The van der Waals surface area contributed by atoms with Crippen LogP contribution in [-0.4, -0.2) is 50.7 Å². The molecule has 6 nitrogen and oxygen atoms in total. The fraction of sp³-hybridized carbons (Fsp3) is 0.360. The van der Waals surface area contributed by atoms with Crippen LogP contribution in [0.3, 0.4) is 0 Å². The van der Waals surface area contributed by atoms with Crippen LogP contribution in [0.4, 0.5) is 11.5 Å². The molecule has 2 aromatic carbocycles. The Morgan fingerprint density at radius 2 is 1.68 bits per heavy atom. The van der Waals surface area contributed by atoms with Gasteiger partial charge in [-0.25, -0.2) is 4.98 Å². The fourth-order valence-electron chi connectivity index (χ4n) is 4.13. The van der Waals surface area contributed by atoms with E-state index in [0.29, 0.717) is 12.1 Å². The van der Waals surface area contributed by atoms with E-state index in [1.165, 1.54) is 0 Å². The van der Waals surface area contributed by atoms with E-state index in [0.717, 1.165) is 67.0 Å². The van der Waals surface area contributed by atoms with Crippen molar-refractivity contribution in [3.8, 4) is 5.75 Å². The molecule has 0 atom stereocenters. The van der Waals surface area contributed by atoms with E-state index in [1.54, 1.807) is 13.3 Å². The summed E-state index contributed by atoms with van der Waals surface area (Å²) in [5.74, 6) is 1.79. The minimum absolute atomic E-state index is 0.0512. The Balaban J connectivity index is 1.54. The fourth-order valence-corrected chi connectivity index (χ4v) is 4.13. The quantitative estimate of drug-likeness (QED) is 0.586. The SMILES string of the molecule is CCCCNC(=O)c1cnc(N2CCN(c3ccccc3OC)CC2)c2ccccc12. The molecule has 1 aromatic heterocycles. The molecule has 0 unspecified atom stereocenters. The van der Waals surface area contributed by atoms with Gasteiger partial charge in [-0.05, 0) is 23.9 Å². The minimum Gasteiger partial charge on any atom is -0.495 e. The summed E-state index contributed by atoms with van der Waals surface area (Å²) in [4.78, 5) is 22.1. The van der Waals surface area contributed by atoms with Gasteiger partial charge in [-0.15, -0.1) is 0 Å². The maximum absolute atomic E-state index is 12.7. The second-order valence-electron chi connectivity index (χ2n) is 7.80. The third-order valence-electron chi connectivity index (χ3n) is 5.84. The summed E-state index contributed by atoms with van der Waals surface area (Å²) in [7, 11) is 1.71. The molecule has 2 heterocycles. The van der Waals surface area contributed by atoms with Gasteiger partial charge in [0.2, 0.25) is 0 Å². The normalized spacial score (nSPS) is 14.0. The predicted octanol–water partition coefficient (Wildman–Crippen LogP) is 4.10. The first-order valence-electron chi connectivity index (χ1n) is 11.0. The van der Waals surface area contributed by atoms with Crippen molar-refractivity contribution in [3.63, 3.8) is 0 Å². The molecule has 0 bridgehead atoms. The van der Waals surface area contributed by atoms with Gasteiger partial charge in [0.25, 0.3) is 5.91 Å². The number of pyridine rings is 1. The molecule has 3 aromatic rings. The lowest BCUT2D eigenvalue weighted by atomic mass is 10.1. The predicted molar refractivity (Wildman–Crippen MR) is 126 cm³/mol. The second-order valence-corrected chi connectivity index (χ2v) is 7.80. The molecule has 0 aliphatic carbocycles. The Morgan fingerprint density at radius 3 is 2.42 bits per heavy atom. The van der Waals surface area contributed by atoms with E-state index < -0.39 is 0 Å². The number of carbonyl (C=O) groups is 1. The number of hydrogen-bond acceptors (Lipinski definition) is 5. The molecule has 0 saturated carbocycles. The van der Waals surface area contributed by atoms with E-state index in [9.17, 15) is 4.79 Å².